The van der Waals surface area contributed by atoms with Crippen molar-refractivity contribution in [3.63, 3.8) is 0 Å². The van der Waals surface area contributed by atoms with Gasteiger partial charge in [0.2, 0.25) is 5.91 Å². The Kier molecular flexibility index (Phi) is 5.61. The average Bonchev–Trinajstić information content (AvgIpc) is 3.42. The fraction of sp³-hybridized carbons (Fsp3) is 0.300. The molecule has 2 aromatic rings. The smallest absolute Gasteiger partial charge is 0.262 e. The second-order valence-electron chi connectivity index (χ2n) is 6.54. The molecule has 1 saturated carbocycles. The highest BCUT2D eigenvalue weighted by Crippen LogP contribution is 2.31. The Morgan fingerprint density at radius 3 is 2.54 bits per heavy atom. The molecule has 1 aliphatic rings. The summed E-state index contributed by atoms with van der Waals surface area (Å²) in [5.41, 5.74) is 3.26. The molecule has 0 radical (unpaired) electrons. The quantitative estimate of drug-likeness (QED) is 0.731. The first-order valence-electron chi connectivity index (χ1n) is 8.52. The molecule has 2 aromatic carbocycles. The fourth-order valence-electron chi connectivity index (χ4n) is 2.53. The van der Waals surface area contributed by atoms with Crippen molar-refractivity contribution in [2.45, 2.75) is 26.7 Å². The molecule has 0 unspecified atom stereocenters. The number of aryl methyl sites for hydroxylation is 2. The van der Waals surface area contributed by atoms with Crippen LogP contribution in [0.4, 0.5) is 11.4 Å². The number of halogens is 1. The van der Waals surface area contributed by atoms with Gasteiger partial charge >= 0.3 is 0 Å². The van der Waals surface area contributed by atoms with E-state index >= 15 is 0 Å². The molecule has 0 aromatic heterocycles. The predicted octanol–water partition coefficient (Wildman–Crippen LogP) is 4.43. The van der Waals surface area contributed by atoms with Gasteiger partial charge in [-0.1, -0.05) is 22.0 Å². The molecule has 0 atom stereocenters. The van der Waals surface area contributed by atoms with Crippen LogP contribution in [0.15, 0.2) is 40.9 Å². The maximum absolute atomic E-state index is 12.2. The van der Waals surface area contributed by atoms with Crippen LogP contribution in [-0.4, -0.2) is 18.4 Å². The standard InChI is InChI=1S/C20H21BrN2O3/c1-12-3-7-16(10-17(12)23-20(25)14-4-5-14)22-19(24)11-26-18-8-6-15(21)9-13(18)2/h3,6-10,14H,4-5,11H2,1-2H3,(H,22,24)(H,23,25). The van der Waals surface area contributed by atoms with E-state index in [2.05, 4.69) is 26.6 Å². The zero-order valence-electron chi connectivity index (χ0n) is 14.8. The number of carbonyl (C=O) groups is 2. The summed E-state index contributed by atoms with van der Waals surface area (Å²) in [4.78, 5) is 24.1. The van der Waals surface area contributed by atoms with Crippen LogP contribution in [0.25, 0.3) is 0 Å². The average molecular weight is 417 g/mol. The third-order valence-corrected chi connectivity index (χ3v) is 4.72. The molecule has 0 aliphatic heterocycles. The topological polar surface area (TPSA) is 67.4 Å². The van der Waals surface area contributed by atoms with Crippen LogP contribution < -0.4 is 15.4 Å². The van der Waals surface area contributed by atoms with Crippen LogP contribution in [0, 0.1) is 19.8 Å². The number of hydrogen-bond acceptors (Lipinski definition) is 3. The molecule has 2 amide bonds. The monoisotopic (exact) mass is 416 g/mol. The minimum absolute atomic E-state index is 0.0469. The molecule has 26 heavy (non-hydrogen) atoms. The van der Waals surface area contributed by atoms with Gasteiger partial charge in [0.05, 0.1) is 0 Å². The van der Waals surface area contributed by atoms with E-state index in [4.69, 9.17) is 4.74 Å². The number of anilines is 2. The van der Waals surface area contributed by atoms with Crippen molar-refractivity contribution in [2.24, 2.45) is 5.92 Å². The van der Waals surface area contributed by atoms with Gasteiger partial charge in [-0.05, 0) is 68.1 Å². The first-order valence-corrected chi connectivity index (χ1v) is 9.32. The van der Waals surface area contributed by atoms with E-state index < -0.39 is 0 Å². The second-order valence-corrected chi connectivity index (χ2v) is 7.46. The fourth-order valence-corrected chi connectivity index (χ4v) is 3.01. The van der Waals surface area contributed by atoms with Crippen LogP contribution >= 0.6 is 15.9 Å². The number of benzene rings is 2. The number of rotatable bonds is 6. The molecule has 6 heteroatoms. The Labute approximate surface area is 161 Å². The lowest BCUT2D eigenvalue weighted by atomic mass is 10.1. The Hall–Kier alpha value is -2.34. The Morgan fingerprint density at radius 1 is 1.08 bits per heavy atom. The summed E-state index contributed by atoms with van der Waals surface area (Å²) in [6.45, 7) is 3.76. The van der Waals surface area contributed by atoms with Crippen LogP contribution in [0.5, 0.6) is 5.75 Å². The summed E-state index contributed by atoms with van der Waals surface area (Å²) in [6, 6.07) is 11.1. The molecule has 0 spiro atoms. The SMILES string of the molecule is Cc1ccc(NC(=O)COc2ccc(Br)cc2C)cc1NC(=O)C1CC1. The molecule has 136 valence electrons. The molecule has 1 fully saturated rings. The molecule has 0 heterocycles. The zero-order chi connectivity index (χ0) is 18.7. The minimum Gasteiger partial charge on any atom is -0.483 e. The third-order valence-electron chi connectivity index (χ3n) is 4.22. The van der Waals surface area contributed by atoms with Gasteiger partial charge in [0.1, 0.15) is 5.75 Å². The van der Waals surface area contributed by atoms with Crippen molar-refractivity contribution in [2.75, 3.05) is 17.2 Å². The van der Waals surface area contributed by atoms with Crippen molar-refractivity contribution in [1.82, 2.24) is 0 Å². The summed E-state index contributed by atoms with van der Waals surface area (Å²) < 4.78 is 6.55. The maximum Gasteiger partial charge on any atom is 0.262 e. The summed E-state index contributed by atoms with van der Waals surface area (Å²) in [6.07, 6.45) is 1.91. The van der Waals surface area contributed by atoms with Gasteiger partial charge in [0.15, 0.2) is 6.61 Å². The lowest BCUT2D eigenvalue weighted by molar-refractivity contribution is -0.118. The molecule has 2 N–H and O–H groups in total. The molecular weight excluding hydrogens is 396 g/mol. The molecule has 5 nitrogen and oxygen atoms in total. The van der Waals surface area contributed by atoms with Gasteiger partial charge in [-0.2, -0.15) is 0 Å². The molecule has 0 saturated heterocycles. The molecule has 1 aliphatic carbocycles. The van der Waals surface area contributed by atoms with Crippen LogP contribution in [0.2, 0.25) is 0 Å². The van der Waals surface area contributed by atoms with Crippen molar-refractivity contribution >= 4 is 39.1 Å². The van der Waals surface area contributed by atoms with Crippen molar-refractivity contribution < 1.29 is 14.3 Å². The summed E-state index contributed by atoms with van der Waals surface area (Å²) >= 11 is 3.40. The highest BCUT2D eigenvalue weighted by Gasteiger charge is 2.29. The Morgan fingerprint density at radius 2 is 1.85 bits per heavy atom. The van der Waals surface area contributed by atoms with E-state index in [1.54, 1.807) is 6.07 Å². The Balaban J connectivity index is 1.59. The lowest BCUT2D eigenvalue weighted by Crippen LogP contribution is -2.21. The van der Waals surface area contributed by atoms with Gasteiger partial charge in [0.25, 0.3) is 5.91 Å². The second kappa shape index (κ2) is 7.91. The van der Waals surface area contributed by atoms with E-state index in [0.717, 1.165) is 34.1 Å². The maximum atomic E-state index is 12.2. The van der Waals surface area contributed by atoms with E-state index in [-0.39, 0.29) is 24.3 Å². The highest BCUT2D eigenvalue weighted by molar-refractivity contribution is 9.10. The third kappa shape index (κ3) is 4.85. The molecule has 0 bridgehead atoms. The van der Waals surface area contributed by atoms with Crippen LogP contribution in [-0.2, 0) is 9.59 Å². The number of carbonyl (C=O) groups excluding carboxylic acids is 2. The zero-order valence-corrected chi connectivity index (χ0v) is 16.4. The minimum atomic E-state index is -0.254. The van der Waals surface area contributed by atoms with Gasteiger partial charge in [-0.15, -0.1) is 0 Å². The van der Waals surface area contributed by atoms with E-state index in [0.29, 0.717) is 11.4 Å². The molecular formula is C20H21BrN2O3. The van der Waals surface area contributed by atoms with Crippen molar-refractivity contribution in [3.8, 4) is 5.75 Å². The largest absolute Gasteiger partial charge is 0.483 e. The first kappa shape index (κ1) is 18.5. The van der Waals surface area contributed by atoms with Gasteiger partial charge < -0.3 is 15.4 Å². The van der Waals surface area contributed by atoms with Crippen molar-refractivity contribution in [3.05, 3.63) is 52.0 Å². The number of hydrogen-bond donors (Lipinski definition) is 2. The summed E-state index contributed by atoms with van der Waals surface area (Å²) in [5.74, 6) is 0.598. The Bertz CT molecular complexity index is 847. The normalized spacial score (nSPS) is 13.2. The van der Waals surface area contributed by atoms with Crippen LogP contribution in [0.1, 0.15) is 24.0 Å². The lowest BCUT2D eigenvalue weighted by Gasteiger charge is -2.12. The van der Waals surface area contributed by atoms with Gasteiger partial charge in [0, 0.05) is 21.8 Å². The van der Waals surface area contributed by atoms with Gasteiger partial charge in [-0.3, -0.25) is 9.59 Å². The first-order chi connectivity index (χ1) is 12.4. The van der Waals surface area contributed by atoms with Crippen LogP contribution in [0.3, 0.4) is 0 Å². The van der Waals surface area contributed by atoms with E-state index in [9.17, 15) is 9.59 Å². The van der Waals surface area contributed by atoms with E-state index in [1.165, 1.54) is 0 Å². The number of amides is 2. The molecule has 3 rings (SSSR count). The summed E-state index contributed by atoms with van der Waals surface area (Å²) in [7, 11) is 0. The predicted molar refractivity (Wildman–Crippen MR) is 106 cm³/mol. The highest BCUT2D eigenvalue weighted by atomic mass is 79.9. The van der Waals surface area contributed by atoms with Crippen molar-refractivity contribution in [1.29, 1.82) is 0 Å². The van der Waals surface area contributed by atoms with E-state index in [1.807, 2.05) is 44.2 Å². The van der Waals surface area contributed by atoms with Gasteiger partial charge in [-0.25, -0.2) is 0 Å². The summed E-state index contributed by atoms with van der Waals surface area (Å²) in [5, 5.41) is 5.73. The number of nitrogens with one attached hydrogen (secondary N) is 2. The number of ether oxygens (including phenoxy) is 1.